The first kappa shape index (κ1) is 14.9. The lowest BCUT2D eigenvalue weighted by Crippen LogP contribution is -2.52. The maximum atomic E-state index is 6.13. The van der Waals surface area contributed by atoms with Gasteiger partial charge < -0.3 is 15.5 Å². The zero-order valence-electron chi connectivity index (χ0n) is 12.8. The van der Waals surface area contributed by atoms with Gasteiger partial charge in [-0.3, -0.25) is 4.90 Å². The van der Waals surface area contributed by atoms with Crippen LogP contribution in [0.15, 0.2) is 18.2 Å². The smallest absolute Gasteiger partial charge is 0.0656 e. The van der Waals surface area contributed by atoms with E-state index in [9.17, 15) is 0 Å². The lowest BCUT2D eigenvalue weighted by atomic mass is 10.0. The molecule has 0 aromatic heterocycles. The number of piperidine rings is 1. The molecule has 0 radical (unpaired) electrons. The number of piperazine rings is 1. The van der Waals surface area contributed by atoms with Crippen LogP contribution in [-0.4, -0.2) is 62.2 Å². The minimum atomic E-state index is 0.660. The lowest BCUT2D eigenvalue weighted by Gasteiger charge is -2.42. The monoisotopic (exact) mass is 308 g/mol. The molecule has 0 amide bonds. The summed E-state index contributed by atoms with van der Waals surface area (Å²) in [6.07, 6.45) is 2.48. The standard InChI is InChI=1S/C16H25ClN4/c1-19-8-10-21(11-9-19)13-4-6-20(7-5-13)14-2-3-16(18)15(17)12-14/h2-3,12-13H,4-11,18H2,1H3. The van der Waals surface area contributed by atoms with E-state index >= 15 is 0 Å². The number of nitrogens with zero attached hydrogens (tertiary/aromatic N) is 3. The first-order valence-corrected chi connectivity index (χ1v) is 8.24. The van der Waals surface area contributed by atoms with Crippen molar-refractivity contribution >= 4 is 23.0 Å². The van der Waals surface area contributed by atoms with Crippen LogP contribution in [-0.2, 0) is 0 Å². The zero-order chi connectivity index (χ0) is 14.8. The van der Waals surface area contributed by atoms with Gasteiger partial charge in [0.2, 0.25) is 0 Å². The third kappa shape index (κ3) is 3.44. The SMILES string of the molecule is CN1CCN(C2CCN(c3ccc(N)c(Cl)c3)CC2)CC1. The Bertz CT molecular complexity index is 477. The molecular formula is C16H25ClN4. The van der Waals surface area contributed by atoms with E-state index in [0.717, 1.165) is 19.1 Å². The van der Waals surface area contributed by atoms with Crippen molar-refractivity contribution in [2.24, 2.45) is 0 Å². The third-order valence-electron chi connectivity index (χ3n) is 4.87. The fourth-order valence-electron chi connectivity index (χ4n) is 3.39. The van der Waals surface area contributed by atoms with E-state index in [1.807, 2.05) is 12.1 Å². The molecule has 2 aliphatic heterocycles. The average Bonchev–Trinajstić information content (AvgIpc) is 2.51. The Labute approximate surface area is 132 Å². The van der Waals surface area contributed by atoms with Gasteiger partial charge in [-0.2, -0.15) is 0 Å². The Balaban J connectivity index is 1.56. The summed E-state index contributed by atoms with van der Waals surface area (Å²) in [7, 11) is 2.21. The van der Waals surface area contributed by atoms with Crippen LogP contribution in [0, 0.1) is 0 Å². The molecule has 21 heavy (non-hydrogen) atoms. The molecule has 0 atom stereocenters. The van der Waals surface area contributed by atoms with E-state index in [-0.39, 0.29) is 0 Å². The van der Waals surface area contributed by atoms with Crippen LogP contribution in [0.4, 0.5) is 11.4 Å². The lowest BCUT2D eigenvalue weighted by molar-refractivity contribution is 0.0982. The molecule has 2 aliphatic rings. The predicted molar refractivity (Wildman–Crippen MR) is 90.2 cm³/mol. The molecule has 4 nitrogen and oxygen atoms in total. The van der Waals surface area contributed by atoms with Gasteiger partial charge in [-0.1, -0.05) is 11.6 Å². The Hall–Kier alpha value is -0.970. The molecule has 1 aromatic rings. The van der Waals surface area contributed by atoms with Gasteiger partial charge in [-0.25, -0.2) is 0 Å². The zero-order valence-corrected chi connectivity index (χ0v) is 13.5. The Kier molecular flexibility index (Phi) is 4.57. The highest BCUT2D eigenvalue weighted by molar-refractivity contribution is 6.33. The molecule has 2 saturated heterocycles. The molecular weight excluding hydrogens is 284 g/mol. The fraction of sp³-hybridized carbons (Fsp3) is 0.625. The van der Waals surface area contributed by atoms with Gasteiger partial charge in [-0.15, -0.1) is 0 Å². The van der Waals surface area contributed by atoms with Crippen LogP contribution >= 0.6 is 11.6 Å². The van der Waals surface area contributed by atoms with Crippen molar-refractivity contribution in [1.82, 2.24) is 9.80 Å². The van der Waals surface area contributed by atoms with E-state index in [4.69, 9.17) is 17.3 Å². The van der Waals surface area contributed by atoms with Gasteiger partial charge in [0.15, 0.2) is 0 Å². The van der Waals surface area contributed by atoms with Gasteiger partial charge in [0.05, 0.1) is 10.7 Å². The summed E-state index contributed by atoms with van der Waals surface area (Å²) >= 11 is 6.13. The Morgan fingerprint density at radius 2 is 1.71 bits per heavy atom. The van der Waals surface area contributed by atoms with E-state index in [0.29, 0.717) is 10.7 Å². The molecule has 2 fully saturated rings. The number of rotatable bonds is 2. The van der Waals surface area contributed by atoms with E-state index in [2.05, 4.69) is 27.8 Å². The topological polar surface area (TPSA) is 35.7 Å². The second-order valence-corrected chi connectivity index (χ2v) is 6.67. The molecule has 0 saturated carbocycles. The number of likely N-dealkylation sites (N-methyl/N-ethyl adjacent to an activating group) is 1. The summed E-state index contributed by atoms with van der Waals surface area (Å²) < 4.78 is 0. The van der Waals surface area contributed by atoms with Gasteiger partial charge in [0.25, 0.3) is 0 Å². The molecule has 0 unspecified atom stereocenters. The average molecular weight is 309 g/mol. The van der Waals surface area contributed by atoms with Crippen LogP contribution in [0.3, 0.4) is 0 Å². The first-order chi connectivity index (χ1) is 10.1. The van der Waals surface area contributed by atoms with Crippen LogP contribution in [0.25, 0.3) is 0 Å². The highest BCUT2D eigenvalue weighted by Crippen LogP contribution is 2.28. The minimum absolute atomic E-state index is 0.660. The van der Waals surface area contributed by atoms with Crippen molar-refractivity contribution in [3.8, 4) is 0 Å². The first-order valence-electron chi connectivity index (χ1n) is 7.86. The molecule has 5 heteroatoms. The minimum Gasteiger partial charge on any atom is -0.398 e. The second-order valence-electron chi connectivity index (χ2n) is 6.26. The molecule has 0 spiro atoms. The summed E-state index contributed by atoms with van der Waals surface area (Å²) in [4.78, 5) is 7.52. The summed E-state index contributed by atoms with van der Waals surface area (Å²) in [5, 5.41) is 0.661. The maximum absolute atomic E-state index is 6.13. The van der Waals surface area contributed by atoms with Crippen molar-refractivity contribution < 1.29 is 0 Å². The number of hydrogen-bond acceptors (Lipinski definition) is 4. The van der Waals surface area contributed by atoms with E-state index in [1.54, 1.807) is 0 Å². The summed E-state index contributed by atoms with van der Waals surface area (Å²) in [5.74, 6) is 0. The van der Waals surface area contributed by atoms with Crippen LogP contribution < -0.4 is 10.6 Å². The highest BCUT2D eigenvalue weighted by Gasteiger charge is 2.26. The number of halogens is 1. The van der Waals surface area contributed by atoms with E-state index < -0.39 is 0 Å². The largest absolute Gasteiger partial charge is 0.398 e. The Morgan fingerprint density at radius 1 is 1.05 bits per heavy atom. The Morgan fingerprint density at radius 3 is 2.33 bits per heavy atom. The van der Waals surface area contributed by atoms with Crippen LogP contribution in [0.5, 0.6) is 0 Å². The molecule has 1 aromatic carbocycles. The maximum Gasteiger partial charge on any atom is 0.0656 e. The predicted octanol–water partition coefficient (Wildman–Crippen LogP) is 2.14. The summed E-state index contributed by atoms with van der Waals surface area (Å²) in [6.45, 7) is 7.06. The van der Waals surface area contributed by atoms with Crippen molar-refractivity contribution in [3.05, 3.63) is 23.2 Å². The van der Waals surface area contributed by atoms with Gasteiger partial charge in [-0.05, 0) is 38.1 Å². The quantitative estimate of drug-likeness (QED) is 0.849. The molecule has 3 rings (SSSR count). The molecule has 116 valence electrons. The molecule has 0 aliphatic carbocycles. The van der Waals surface area contributed by atoms with Gasteiger partial charge in [0, 0.05) is 51.0 Å². The van der Waals surface area contributed by atoms with Crippen LogP contribution in [0.1, 0.15) is 12.8 Å². The number of anilines is 2. The van der Waals surface area contributed by atoms with Gasteiger partial charge in [0.1, 0.15) is 0 Å². The summed E-state index contributed by atoms with van der Waals surface area (Å²) in [5.41, 5.74) is 7.65. The molecule has 2 heterocycles. The van der Waals surface area contributed by atoms with Crippen molar-refractivity contribution in [2.75, 3.05) is 56.9 Å². The third-order valence-corrected chi connectivity index (χ3v) is 5.20. The van der Waals surface area contributed by atoms with Crippen molar-refractivity contribution in [1.29, 1.82) is 0 Å². The van der Waals surface area contributed by atoms with Gasteiger partial charge >= 0.3 is 0 Å². The van der Waals surface area contributed by atoms with E-state index in [1.165, 1.54) is 44.7 Å². The van der Waals surface area contributed by atoms with Crippen molar-refractivity contribution in [2.45, 2.75) is 18.9 Å². The van der Waals surface area contributed by atoms with Crippen molar-refractivity contribution in [3.63, 3.8) is 0 Å². The molecule has 0 bridgehead atoms. The number of hydrogen-bond donors (Lipinski definition) is 1. The highest BCUT2D eigenvalue weighted by atomic mass is 35.5. The number of nitrogen functional groups attached to an aromatic ring is 1. The molecule has 2 N–H and O–H groups in total. The fourth-order valence-corrected chi connectivity index (χ4v) is 3.56. The second kappa shape index (κ2) is 6.42. The summed E-state index contributed by atoms with van der Waals surface area (Å²) in [6, 6.07) is 6.73. The van der Waals surface area contributed by atoms with Crippen LogP contribution in [0.2, 0.25) is 5.02 Å². The number of nitrogens with two attached hydrogens (primary N) is 1. The number of benzene rings is 1. The normalized spacial score (nSPS) is 22.7.